The number of aromatic amines is 1. The number of hydrogen-bond acceptors (Lipinski definition) is 4. The number of nitrogens with one attached hydrogen (secondary N) is 2. The summed E-state index contributed by atoms with van der Waals surface area (Å²) in [4.78, 5) is 18.1. The Bertz CT molecular complexity index is 425. The molecule has 0 amide bonds. The summed E-state index contributed by atoms with van der Waals surface area (Å²) in [6, 6.07) is 0. The van der Waals surface area contributed by atoms with Crippen LogP contribution in [0.5, 0.6) is 0 Å². The summed E-state index contributed by atoms with van der Waals surface area (Å²) < 4.78 is 0.597. The molecule has 0 spiro atoms. The van der Waals surface area contributed by atoms with Gasteiger partial charge >= 0.3 is 0 Å². The van der Waals surface area contributed by atoms with Gasteiger partial charge in [-0.1, -0.05) is 12.8 Å². The molecule has 2 rings (SSSR count). The normalized spacial score (nSPS) is 18.6. The molecule has 1 heterocycles. The third kappa shape index (κ3) is 2.22. The summed E-state index contributed by atoms with van der Waals surface area (Å²) in [6.45, 7) is 0.581. The minimum Gasteiger partial charge on any atom is -0.362 e. The number of aromatic nitrogens is 2. The molecule has 0 bridgehead atoms. The Morgan fingerprint density at radius 1 is 1.56 bits per heavy atom. The van der Waals surface area contributed by atoms with Gasteiger partial charge in [-0.05, 0) is 35.4 Å². The number of halogens is 1. The first-order valence-electron chi connectivity index (χ1n) is 5.38. The molecular formula is C10H15IN4O. The van der Waals surface area contributed by atoms with Crippen LogP contribution in [0.4, 0.5) is 5.82 Å². The smallest absolute Gasteiger partial charge is 0.266 e. The van der Waals surface area contributed by atoms with Gasteiger partial charge in [0.2, 0.25) is 0 Å². The van der Waals surface area contributed by atoms with Crippen LogP contribution >= 0.6 is 22.6 Å². The van der Waals surface area contributed by atoms with Gasteiger partial charge in [-0.2, -0.15) is 0 Å². The molecule has 0 unspecified atom stereocenters. The fourth-order valence-corrected chi connectivity index (χ4v) is 2.58. The van der Waals surface area contributed by atoms with Gasteiger partial charge < -0.3 is 16.0 Å². The van der Waals surface area contributed by atoms with Crippen molar-refractivity contribution >= 4 is 28.4 Å². The van der Waals surface area contributed by atoms with Gasteiger partial charge in [-0.25, -0.2) is 4.98 Å². The number of nitrogens with two attached hydrogens (primary N) is 1. The molecule has 4 N–H and O–H groups in total. The molecule has 5 nitrogen and oxygen atoms in total. The molecule has 1 aromatic heterocycles. The maximum absolute atomic E-state index is 11.4. The number of hydrogen-bond donors (Lipinski definition) is 3. The van der Waals surface area contributed by atoms with Crippen LogP contribution < -0.4 is 16.6 Å². The quantitative estimate of drug-likeness (QED) is 0.722. The van der Waals surface area contributed by atoms with Crippen molar-refractivity contribution in [2.24, 2.45) is 5.73 Å². The minimum absolute atomic E-state index is 0.0687. The van der Waals surface area contributed by atoms with Crippen molar-refractivity contribution in [1.82, 2.24) is 9.97 Å². The Morgan fingerprint density at radius 2 is 2.25 bits per heavy atom. The van der Waals surface area contributed by atoms with Crippen LogP contribution in [-0.2, 0) is 0 Å². The molecule has 6 heteroatoms. The molecule has 0 aromatic carbocycles. The van der Waals surface area contributed by atoms with Gasteiger partial charge in [-0.3, -0.25) is 4.79 Å². The second kappa shape index (κ2) is 4.70. The van der Waals surface area contributed by atoms with E-state index in [2.05, 4.69) is 15.3 Å². The topological polar surface area (TPSA) is 83.8 Å². The summed E-state index contributed by atoms with van der Waals surface area (Å²) in [5, 5.41) is 3.35. The van der Waals surface area contributed by atoms with Crippen LogP contribution in [0.1, 0.15) is 25.7 Å². The van der Waals surface area contributed by atoms with E-state index in [0.29, 0.717) is 15.9 Å². The van der Waals surface area contributed by atoms with Crippen molar-refractivity contribution in [3.05, 3.63) is 20.3 Å². The average molecular weight is 334 g/mol. The molecular weight excluding hydrogens is 319 g/mol. The van der Waals surface area contributed by atoms with Crippen molar-refractivity contribution in [3.8, 4) is 0 Å². The first kappa shape index (κ1) is 11.8. The van der Waals surface area contributed by atoms with E-state index in [1.54, 1.807) is 0 Å². The molecule has 88 valence electrons. The predicted octanol–water partition coefficient (Wildman–Crippen LogP) is 1.06. The molecule has 1 saturated carbocycles. The lowest BCUT2D eigenvalue weighted by Crippen LogP contribution is -2.43. The van der Waals surface area contributed by atoms with Crippen molar-refractivity contribution in [3.63, 3.8) is 0 Å². The Kier molecular flexibility index (Phi) is 3.48. The lowest BCUT2D eigenvalue weighted by Gasteiger charge is -2.29. The van der Waals surface area contributed by atoms with E-state index in [4.69, 9.17) is 5.73 Å². The van der Waals surface area contributed by atoms with Crippen molar-refractivity contribution < 1.29 is 0 Å². The van der Waals surface area contributed by atoms with E-state index in [1.165, 1.54) is 19.2 Å². The summed E-state index contributed by atoms with van der Waals surface area (Å²) in [5.41, 5.74) is 5.65. The van der Waals surface area contributed by atoms with Gasteiger partial charge in [0.15, 0.2) is 0 Å². The fraction of sp³-hybridized carbons (Fsp3) is 0.600. The number of nitrogens with zero attached hydrogens (tertiary/aromatic N) is 1. The van der Waals surface area contributed by atoms with Crippen molar-refractivity contribution in [2.45, 2.75) is 31.2 Å². The largest absolute Gasteiger partial charge is 0.362 e. The van der Waals surface area contributed by atoms with Gasteiger partial charge in [0.25, 0.3) is 5.56 Å². The van der Waals surface area contributed by atoms with E-state index in [9.17, 15) is 4.79 Å². The maximum atomic E-state index is 11.4. The Morgan fingerprint density at radius 3 is 2.88 bits per heavy atom. The van der Waals surface area contributed by atoms with Crippen molar-refractivity contribution in [1.29, 1.82) is 0 Å². The summed E-state index contributed by atoms with van der Waals surface area (Å²) in [7, 11) is 0. The third-order valence-electron chi connectivity index (χ3n) is 3.13. The number of anilines is 1. The molecule has 1 aliphatic rings. The standard InChI is InChI=1S/C10H15IN4O/c11-7-8(13-6-14-9(7)16)15-10(5-12)3-1-2-4-10/h6H,1-5,12H2,(H2,13,14,15,16). The Balaban J connectivity index is 2.26. The van der Waals surface area contributed by atoms with Gasteiger partial charge in [0.1, 0.15) is 9.39 Å². The van der Waals surface area contributed by atoms with E-state index in [0.717, 1.165) is 12.8 Å². The lowest BCUT2D eigenvalue weighted by atomic mass is 9.98. The van der Waals surface area contributed by atoms with E-state index < -0.39 is 0 Å². The van der Waals surface area contributed by atoms with Crippen LogP contribution in [0.3, 0.4) is 0 Å². The lowest BCUT2D eigenvalue weighted by molar-refractivity contribution is 0.490. The predicted molar refractivity (Wildman–Crippen MR) is 71.5 cm³/mol. The van der Waals surface area contributed by atoms with Crippen LogP contribution in [0.2, 0.25) is 0 Å². The van der Waals surface area contributed by atoms with E-state index >= 15 is 0 Å². The van der Waals surface area contributed by atoms with Gasteiger partial charge in [-0.15, -0.1) is 0 Å². The summed E-state index contributed by atoms with van der Waals surface area (Å²) >= 11 is 2.00. The zero-order valence-corrected chi connectivity index (χ0v) is 11.1. The molecule has 0 aliphatic heterocycles. The average Bonchev–Trinajstić information content (AvgIpc) is 2.74. The summed E-state index contributed by atoms with van der Waals surface area (Å²) in [5.74, 6) is 0.650. The van der Waals surface area contributed by atoms with E-state index in [-0.39, 0.29) is 11.1 Å². The molecule has 0 radical (unpaired) electrons. The summed E-state index contributed by atoms with van der Waals surface area (Å²) in [6.07, 6.45) is 5.89. The Hall–Kier alpha value is -0.630. The van der Waals surface area contributed by atoms with Crippen LogP contribution in [0.25, 0.3) is 0 Å². The SMILES string of the molecule is NCC1(Nc2nc[nH]c(=O)c2I)CCCC1. The van der Waals surface area contributed by atoms with E-state index in [1.807, 2.05) is 22.6 Å². The zero-order valence-electron chi connectivity index (χ0n) is 8.92. The molecule has 1 aromatic rings. The van der Waals surface area contributed by atoms with Crippen molar-refractivity contribution in [2.75, 3.05) is 11.9 Å². The molecule has 0 atom stereocenters. The second-order valence-corrected chi connectivity index (χ2v) is 5.29. The maximum Gasteiger partial charge on any atom is 0.266 e. The highest BCUT2D eigenvalue weighted by Crippen LogP contribution is 2.32. The van der Waals surface area contributed by atoms with Gasteiger partial charge in [0, 0.05) is 6.54 Å². The highest BCUT2D eigenvalue weighted by molar-refractivity contribution is 14.1. The monoisotopic (exact) mass is 334 g/mol. The highest BCUT2D eigenvalue weighted by Gasteiger charge is 2.33. The van der Waals surface area contributed by atoms with Crippen LogP contribution in [0, 0.1) is 3.57 Å². The highest BCUT2D eigenvalue weighted by atomic mass is 127. The third-order valence-corrected chi connectivity index (χ3v) is 4.13. The first-order chi connectivity index (χ1) is 7.67. The molecule has 16 heavy (non-hydrogen) atoms. The minimum atomic E-state index is -0.108. The molecule has 0 saturated heterocycles. The first-order valence-corrected chi connectivity index (χ1v) is 6.46. The van der Waals surface area contributed by atoms with Crippen LogP contribution in [0.15, 0.2) is 11.1 Å². The Labute approximate surface area is 107 Å². The van der Waals surface area contributed by atoms with Crippen LogP contribution in [-0.4, -0.2) is 22.1 Å². The number of H-pyrrole nitrogens is 1. The molecule has 1 fully saturated rings. The number of rotatable bonds is 3. The molecule has 1 aliphatic carbocycles. The second-order valence-electron chi connectivity index (χ2n) is 4.21. The van der Waals surface area contributed by atoms with Gasteiger partial charge in [0.05, 0.1) is 11.9 Å². The fourth-order valence-electron chi connectivity index (χ4n) is 2.15. The zero-order chi connectivity index (χ0) is 11.6.